The van der Waals surface area contributed by atoms with Gasteiger partial charge in [-0.1, -0.05) is 32.9 Å². The molecule has 1 unspecified atom stereocenters. The number of hydrogen-bond acceptors (Lipinski definition) is 6. The van der Waals surface area contributed by atoms with Crippen LogP contribution in [-0.4, -0.2) is 70.4 Å². The van der Waals surface area contributed by atoms with Crippen molar-refractivity contribution < 1.29 is 22.8 Å². The van der Waals surface area contributed by atoms with Crippen molar-refractivity contribution in [2.45, 2.75) is 58.3 Å². The predicted molar refractivity (Wildman–Crippen MR) is 791 cm³/mol. The molecule has 2 fully saturated rings. The number of carbonyl (C=O) groups is 2. The summed E-state index contributed by atoms with van der Waals surface area (Å²) in [7, 11) is 154. The first-order chi connectivity index (χ1) is 62.1. The van der Waals surface area contributed by atoms with Gasteiger partial charge in [-0.05, 0) is 69.9 Å². The van der Waals surface area contributed by atoms with E-state index in [0.29, 0.717) is 39.1 Å². The lowest BCUT2D eigenvalue weighted by atomic mass is 9.82. The van der Waals surface area contributed by atoms with Crippen LogP contribution in [-0.2, 0) is 788 Å². The number of nitrogens with zero attached hydrogens (tertiary/aromatic N) is 4. The standard InChI is InChI=1S/C29H37BrF3N5O2.S87/c1-28(2,3)24-18-37(14-15-38(24)25(39)16-19-10-12-36(13-11-19)27(34)40)26(23-9-8-22(30)17-35-23)20-4-6-21(7-5-20)29(31,32)33;1-3-5-7-9-11-13-15-17-19-21-23-25-27-29-31-33-35-37-39-41-43-45-47-49-51-53-55-57-59-61-63-65-67-69-71-73-75-77-79-81-83-85-87-86-84-82-80-78-76-74-72-70-68-66-64-62-60-58-56-54-52-50-48-46-44-42-40-38-36-34-32-30-28-26-24-22-20-18-16-14-12-10-8-6-4-2/h4-9,17,19,24,26H,10-16,18H2,1-3H3,(H2,34,40);/t24-,26?;/m1./s1. The molecule has 0 radical (unpaired) electrons. The Morgan fingerprint density at radius 2 is 0.591 bits per heavy atom. The molecule has 0 aliphatic carbocycles. The van der Waals surface area contributed by atoms with Crippen molar-refractivity contribution in [3.63, 3.8) is 0 Å². The van der Waals surface area contributed by atoms with Crippen molar-refractivity contribution in [2.75, 3.05) is 32.7 Å². The van der Waals surface area contributed by atoms with Crippen molar-refractivity contribution in [3.8, 4) is 0 Å². The summed E-state index contributed by atoms with van der Waals surface area (Å²) in [6.45, 7) is 9.08. The van der Waals surface area contributed by atoms with Gasteiger partial charge in [-0.15, -0.1) is 0 Å². The molecule has 3 heterocycles. The van der Waals surface area contributed by atoms with Gasteiger partial charge in [0, 0.05) is 833 Å². The summed E-state index contributed by atoms with van der Waals surface area (Å²) in [5.41, 5.74) is 5.93. The van der Waals surface area contributed by atoms with E-state index in [4.69, 9.17) is 28.1 Å². The first-order valence-electron chi connectivity index (χ1n) is 27.9. The van der Waals surface area contributed by atoms with Gasteiger partial charge in [-0.3, -0.25) is 14.7 Å². The van der Waals surface area contributed by atoms with E-state index in [0.717, 1.165) is 40.7 Å². The summed E-state index contributed by atoms with van der Waals surface area (Å²) in [4.78, 5) is 35.5. The molecule has 127 heavy (non-hydrogen) atoms. The second-order valence-corrected chi connectivity index (χ2v) is 169. The van der Waals surface area contributed by atoms with Gasteiger partial charge in [0.1, 0.15) is 0 Å². The van der Waals surface area contributed by atoms with Gasteiger partial charge in [0.25, 0.3) is 0 Å². The van der Waals surface area contributed by atoms with E-state index in [-0.39, 0.29) is 29.3 Å². The number of urea groups is 1. The minimum Gasteiger partial charge on any atom is -0.351 e. The normalized spacial score (nSPS) is 11.8. The molecule has 2 N–H and O–H groups in total. The van der Waals surface area contributed by atoms with Crippen molar-refractivity contribution in [2.24, 2.45) is 17.1 Å². The third-order valence-corrected chi connectivity index (χ3v) is 198. The fraction of sp³-hybridized carbons (Fsp3) is 0.552. The Kier molecular flexibility index (Phi) is 113. The van der Waals surface area contributed by atoms with Gasteiger partial charge in [0.05, 0.1) is 17.3 Å². The fourth-order valence-corrected chi connectivity index (χ4v) is 235. The van der Waals surface area contributed by atoms with Crippen molar-refractivity contribution in [1.82, 2.24) is 19.7 Å². The van der Waals surface area contributed by atoms with Gasteiger partial charge in [0.2, 0.25) is 5.91 Å². The topological polar surface area (TPSA) is 82.8 Å². The molecule has 4 rings (SSSR count). The third-order valence-electron chi connectivity index (χ3n) is 10.4. The molecule has 0 bridgehead atoms. The number of piperazine rings is 1. The SMILES string of the molecule is CC(C)(C)[C@H]1CN(C(c2ccc(C(F)(F)F)cc2)c2ccc(Br)cn2)CCN1C(=O)CC1CCN(C(N)=O)CC1.S=S=S=S=S=S=S=S=S=S=S=S=S=S=S=S=S=S=S=S=S=S=S=S=S=S=S=S=S=S=S=S=S=S=S=S=S=S=S=S=S=S=S=S=S=S=S=S=S=S=S=S=S=S=S=S=S=S=S=S=S=S=S=S=S=S=S=S=S=S=S=S=S=S=S=S=S=S=S=S=S=S=S=S=S=S=S. The number of hydrogen-bond donors (Lipinski definition) is 1. The first-order valence-corrected chi connectivity index (χ1v) is 143. The summed E-state index contributed by atoms with van der Waals surface area (Å²) in [6.07, 6.45) is -0.795. The highest BCUT2D eigenvalue weighted by molar-refractivity contribution is 9.10. The highest BCUT2D eigenvalue weighted by Gasteiger charge is 2.41. The molecule has 2 saturated heterocycles. The number of carbonyl (C=O) groups excluding carboxylic acids is 2. The van der Waals surface area contributed by atoms with E-state index in [1.807, 2.05) is 648 Å². The zero-order chi connectivity index (χ0) is 91.3. The van der Waals surface area contributed by atoms with Crippen molar-refractivity contribution in [1.29, 1.82) is 0 Å². The van der Waals surface area contributed by atoms with Crippen LogP contribution in [0.4, 0.5) is 18.0 Å². The number of nitrogens with two attached hydrogens (primary N) is 1. The molecule has 1 aromatic heterocycles. The molecular formula is C29H37BrF3N5O2S87. The molecule has 2 aromatic rings. The molecular weight excluding hydrogens is 3380 g/mol. The predicted octanol–water partition coefficient (Wildman–Crippen LogP) is 5.48. The van der Waals surface area contributed by atoms with E-state index in [1.54, 1.807) is 118 Å². The van der Waals surface area contributed by atoms with Gasteiger partial charge in [0.15, 0.2) is 0 Å². The number of likely N-dealkylation sites (tertiary alicyclic amines) is 1. The van der Waals surface area contributed by atoms with Gasteiger partial charge in [-0.2, -0.15) is 13.2 Å². The van der Waals surface area contributed by atoms with Gasteiger partial charge in [-0.25, -0.2) is 4.79 Å². The maximum atomic E-state index is 13.6. The fourth-order valence-electron chi connectivity index (χ4n) is 6.71. The lowest BCUT2D eigenvalue weighted by Crippen LogP contribution is -2.60. The average molecular weight is 3410 g/mol. The number of aromatic nitrogens is 1. The zero-order valence-corrected chi connectivity index (χ0v) is 131. The van der Waals surface area contributed by atoms with E-state index >= 15 is 0 Å². The molecule has 2 aliphatic rings. The maximum Gasteiger partial charge on any atom is 0.416 e. The minimum absolute atomic E-state index is 0.102. The lowest BCUT2D eigenvalue weighted by Gasteiger charge is -2.49. The maximum absolute atomic E-state index is 13.6. The Labute approximate surface area is 992 Å². The Bertz CT molecular complexity index is 8340. The molecule has 0 spiro atoms. The van der Waals surface area contributed by atoms with Crippen LogP contribution in [0.2, 0.25) is 0 Å². The van der Waals surface area contributed by atoms with Crippen LogP contribution in [0.3, 0.4) is 0 Å². The smallest absolute Gasteiger partial charge is 0.351 e. The number of amides is 3. The Hall–Kier alpha value is 16.5. The molecule has 1 aromatic carbocycles. The van der Waals surface area contributed by atoms with Crippen molar-refractivity contribution in [3.05, 3.63) is 63.9 Å². The Balaban J connectivity index is 0.000000853. The first kappa shape index (κ1) is 138. The summed E-state index contributed by atoms with van der Waals surface area (Å²) < 4.78 is 40.6. The van der Waals surface area contributed by atoms with E-state index < -0.39 is 17.8 Å². The van der Waals surface area contributed by atoms with E-state index in [1.165, 1.54) is 29.9 Å². The summed E-state index contributed by atoms with van der Waals surface area (Å²) in [5, 5.41) is 0. The highest BCUT2D eigenvalue weighted by atomic mass is 79.9. The second-order valence-electron chi connectivity index (χ2n) is 17.6. The number of rotatable bonds is 5. The lowest BCUT2D eigenvalue weighted by molar-refractivity contribution is -0.141. The minimum atomic E-state index is -4.41. The molecule has 3 amide bonds. The monoisotopic (exact) mass is 3400 g/mol. The summed E-state index contributed by atoms with van der Waals surface area (Å²) in [6, 6.07) is 8.16. The highest BCUT2D eigenvalue weighted by Crippen LogP contribution is 2.37. The molecule has 7 nitrogen and oxygen atoms in total. The molecule has 0 saturated carbocycles. The molecule has 2 aliphatic heterocycles. The van der Waals surface area contributed by atoms with Crippen molar-refractivity contribution >= 4 is 805 Å². The van der Waals surface area contributed by atoms with Crippen LogP contribution in [0.1, 0.15) is 62.9 Å². The number of benzene rings is 1. The van der Waals surface area contributed by atoms with Crippen LogP contribution >= 0.6 is 15.9 Å². The summed E-state index contributed by atoms with van der Waals surface area (Å²) >= 11 is 13.1. The second kappa shape index (κ2) is 104. The number of primary amides is 1. The van der Waals surface area contributed by atoms with Gasteiger partial charge < -0.3 is 15.5 Å². The number of piperidine rings is 1. The number of halogens is 4. The Morgan fingerprint density at radius 1 is 0.362 bits per heavy atom. The quantitative estimate of drug-likeness (QED) is 0.428. The van der Waals surface area contributed by atoms with Crippen LogP contribution in [0, 0.1) is 11.3 Å². The third kappa shape index (κ3) is 87.3. The van der Waals surface area contributed by atoms with Crippen LogP contribution in [0.15, 0.2) is 47.1 Å². The van der Waals surface area contributed by atoms with Crippen LogP contribution in [0.5, 0.6) is 0 Å². The number of pyridine rings is 1. The molecule has 740 valence electrons. The molecule has 2 atom stereocenters. The van der Waals surface area contributed by atoms with Gasteiger partial charge >= 0.3 is 12.2 Å². The van der Waals surface area contributed by atoms with Crippen LogP contribution in [0.25, 0.3) is 0 Å². The largest absolute Gasteiger partial charge is 0.416 e. The molecule has 98 heteroatoms. The number of alkyl halides is 3. The Morgan fingerprint density at radius 3 is 0.780 bits per heavy atom. The van der Waals surface area contributed by atoms with Crippen LogP contribution < -0.4 is 5.73 Å². The van der Waals surface area contributed by atoms with E-state index in [9.17, 15) is 22.8 Å². The summed E-state index contributed by atoms with van der Waals surface area (Å²) in [5.74, 6) is 0.304. The average Bonchev–Trinajstić information content (AvgIpc) is 0.775. The zero-order valence-electron chi connectivity index (χ0n) is 58.6. The van der Waals surface area contributed by atoms with E-state index in [2.05, 4.69) is 46.6 Å².